The van der Waals surface area contributed by atoms with Crippen LogP contribution in [-0.2, 0) is 24.5 Å². The summed E-state index contributed by atoms with van der Waals surface area (Å²) in [5.41, 5.74) is 7.60. The number of rotatable bonds is 12. The molecule has 0 radical (unpaired) electrons. The molecule has 3 rings (SSSR count). The summed E-state index contributed by atoms with van der Waals surface area (Å²) in [5.74, 6) is -0.344. The molecule has 0 atom stereocenters. The molecule has 1 heterocycles. The lowest BCUT2D eigenvalue weighted by atomic mass is 10.1. The first-order valence-corrected chi connectivity index (χ1v) is 11.1. The number of hydrogen-bond acceptors (Lipinski definition) is 5. The molecule has 0 saturated carbocycles. The molecule has 33 heavy (non-hydrogen) atoms. The van der Waals surface area contributed by atoms with Gasteiger partial charge in [-0.25, -0.2) is 4.68 Å². The van der Waals surface area contributed by atoms with E-state index < -0.39 is 11.8 Å². The van der Waals surface area contributed by atoms with E-state index in [0.29, 0.717) is 36.8 Å². The maximum absolute atomic E-state index is 13.1. The van der Waals surface area contributed by atoms with Gasteiger partial charge in [0.05, 0.1) is 25.4 Å². The molecule has 0 saturated heterocycles. The lowest BCUT2D eigenvalue weighted by Gasteiger charge is -2.13. The average molecular weight is 451 g/mol. The van der Waals surface area contributed by atoms with Crippen molar-refractivity contribution in [2.75, 3.05) is 11.9 Å². The zero-order valence-corrected chi connectivity index (χ0v) is 19.0. The van der Waals surface area contributed by atoms with Crippen LogP contribution in [0.3, 0.4) is 0 Å². The molecule has 0 aliphatic carbocycles. The van der Waals surface area contributed by atoms with Crippen molar-refractivity contribution in [1.29, 1.82) is 0 Å². The van der Waals surface area contributed by atoms with Gasteiger partial charge in [-0.15, -0.1) is 0 Å². The highest BCUT2D eigenvalue weighted by Crippen LogP contribution is 2.25. The van der Waals surface area contributed by atoms with Crippen molar-refractivity contribution in [2.24, 2.45) is 5.73 Å². The molecule has 8 nitrogen and oxygen atoms in total. The summed E-state index contributed by atoms with van der Waals surface area (Å²) in [6.07, 6.45) is 1.57. The van der Waals surface area contributed by atoms with E-state index in [1.165, 1.54) is 0 Å². The Morgan fingerprint density at radius 3 is 2.42 bits per heavy atom. The van der Waals surface area contributed by atoms with Gasteiger partial charge < -0.3 is 20.5 Å². The van der Waals surface area contributed by atoms with Crippen LogP contribution in [0.1, 0.15) is 58.7 Å². The van der Waals surface area contributed by atoms with E-state index in [4.69, 9.17) is 15.2 Å². The third-order valence-corrected chi connectivity index (χ3v) is 4.88. The van der Waals surface area contributed by atoms with Crippen molar-refractivity contribution in [3.05, 3.63) is 77.0 Å². The van der Waals surface area contributed by atoms with Crippen LogP contribution >= 0.6 is 0 Å². The lowest BCUT2D eigenvalue weighted by Crippen LogP contribution is -2.21. The van der Waals surface area contributed by atoms with Crippen molar-refractivity contribution in [2.45, 2.75) is 46.4 Å². The molecule has 0 aliphatic rings. The second-order valence-corrected chi connectivity index (χ2v) is 7.53. The van der Waals surface area contributed by atoms with Crippen LogP contribution in [0, 0.1) is 0 Å². The fourth-order valence-electron chi connectivity index (χ4n) is 3.38. The highest BCUT2D eigenvalue weighted by atomic mass is 16.5. The standard InChI is InChI=1S/C25H30N4O4/c1-3-14-29-24(27-25(31)19-12-8-9-13-21(19)33-15-4-2)22(23(26)30)20(28-29)17-32-16-18-10-6-5-7-11-18/h5-13H,3-4,14-17H2,1-2H3,(H2,26,30)(H,27,31). The Hall–Kier alpha value is -3.65. The quantitative estimate of drug-likeness (QED) is 0.431. The Labute approximate surface area is 193 Å². The molecule has 174 valence electrons. The highest BCUT2D eigenvalue weighted by Gasteiger charge is 2.25. The summed E-state index contributed by atoms with van der Waals surface area (Å²) in [6.45, 7) is 5.42. The van der Waals surface area contributed by atoms with Crippen molar-refractivity contribution in [3.8, 4) is 5.75 Å². The molecule has 2 aromatic carbocycles. The maximum atomic E-state index is 13.1. The Bertz CT molecular complexity index is 1080. The van der Waals surface area contributed by atoms with Gasteiger partial charge in [-0.05, 0) is 30.5 Å². The molecule has 3 aromatic rings. The molecular formula is C25H30N4O4. The fourth-order valence-corrected chi connectivity index (χ4v) is 3.38. The van der Waals surface area contributed by atoms with Crippen molar-refractivity contribution in [3.63, 3.8) is 0 Å². The minimum absolute atomic E-state index is 0.0863. The number of aromatic nitrogens is 2. The van der Waals surface area contributed by atoms with Gasteiger partial charge in [-0.2, -0.15) is 5.10 Å². The number of carbonyl (C=O) groups is 2. The highest BCUT2D eigenvalue weighted by molar-refractivity contribution is 6.09. The number of anilines is 1. The summed E-state index contributed by atoms with van der Waals surface area (Å²) in [4.78, 5) is 25.5. The summed E-state index contributed by atoms with van der Waals surface area (Å²) < 4.78 is 13.1. The van der Waals surface area contributed by atoms with E-state index in [1.807, 2.05) is 44.2 Å². The normalized spacial score (nSPS) is 10.7. The topological polar surface area (TPSA) is 108 Å². The SMILES string of the molecule is CCCOc1ccccc1C(=O)Nc1c(C(N)=O)c(COCc2ccccc2)nn1CCC. The van der Waals surface area contributed by atoms with Crippen LogP contribution in [-0.4, -0.2) is 28.2 Å². The zero-order valence-electron chi connectivity index (χ0n) is 19.0. The van der Waals surface area contributed by atoms with E-state index in [1.54, 1.807) is 28.9 Å². The fraction of sp³-hybridized carbons (Fsp3) is 0.320. The number of ether oxygens (including phenoxy) is 2. The first kappa shape index (κ1) is 24.0. The van der Waals surface area contributed by atoms with Gasteiger partial charge in [0.25, 0.3) is 11.8 Å². The molecule has 0 bridgehead atoms. The van der Waals surface area contributed by atoms with Gasteiger partial charge in [0.1, 0.15) is 22.8 Å². The monoisotopic (exact) mass is 450 g/mol. The number of para-hydroxylation sites is 1. The van der Waals surface area contributed by atoms with Gasteiger partial charge >= 0.3 is 0 Å². The Balaban J connectivity index is 1.86. The number of benzene rings is 2. The number of nitrogens with two attached hydrogens (primary N) is 1. The maximum Gasteiger partial charge on any atom is 0.260 e. The third-order valence-electron chi connectivity index (χ3n) is 4.88. The lowest BCUT2D eigenvalue weighted by molar-refractivity contribution is 0.0959. The molecule has 0 spiro atoms. The van der Waals surface area contributed by atoms with Gasteiger partial charge in [-0.3, -0.25) is 9.59 Å². The predicted octanol–water partition coefficient (Wildman–Crippen LogP) is 4.15. The predicted molar refractivity (Wildman–Crippen MR) is 126 cm³/mol. The second-order valence-electron chi connectivity index (χ2n) is 7.53. The molecule has 0 fully saturated rings. The number of hydrogen-bond donors (Lipinski definition) is 2. The van der Waals surface area contributed by atoms with Crippen LogP contribution in [0.25, 0.3) is 0 Å². The first-order valence-electron chi connectivity index (χ1n) is 11.1. The van der Waals surface area contributed by atoms with Crippen molar-refractivity contribution < 1.29 is 19.1 Å². The van der Waals surface area contributed by atoms with E-state index >= 15 is 0 Å². The molecule has 0 unspecified atom stereocenters. The summed E-state index contributed by atoms with van der Waals surface area (Å²) in [7, 11) is 0. The zero-order chi connectivity index (χ0) is 23.6. The minimum atomic E-state index is -0.679. The molecule has 8 heteroatoms. The number of aryl methyl sites for hydroxylation is 1. The van der Waals surface area contributed by atoms with E-state index in [-0.39, 0.29) is 18.0 Å². The molecule has 1 aromatic heterocycles. The Kier molecular flexibility index (Phi) is 8.60. The van der Waals surface area contributed by atoms with Crippen LogP contribution < -0.4 is 15.8 Å². The Morgan fingerprint density at radius 2 is 1.73 bits per heavy atom. The summed E-state index contributed by atoms with van der Waals surface area (Å²) in [5, 5.41) is 7.35. The minimum Gasteiger partial charge on any atom is -0.493 e. The van der Waals surface area contributed by atoms with Gasteiger partial charge in [0.15, 0.2) is 0 Å². The number of primary amides is 1. The number of nitrogens with one attached hydrogen (secondary N) is 1. The molecule has 3 N–H and O–H groups in total. The molecule has 0 aliphatic heterocycles. The van der Waals surface area contributed by atoms with Gasteiger partial charge in [-0.1, -0.05) is 56.3 Å². The van der Waals surface area contributed by atoms with E-state index in [2.05, 4.69) is 10.4 Å². The largest absolute Gasteiger partial charge is 0.493 e. The van der Waals surface area contributed by atoms with Crippen LogP contribution in [0.4, 0.5) is 5.82 Å². The smallest absolute Gasteiger partial charge is 0.260 e. The van der Waals surface area contributed by atoms with Crippen LogP contribution in [0.2, 0.25) is 0 Å². The molecular weight excluding hydrogens is 420 g/mol. The van der Waals surface area contributed by atoms with E-state index in [9.17, 15) is 9.59 Å². The van der Waals surface area contributed by atoms with Crippen LogP contribution in [0.5, 0.6) is 5.75 Å². The second kappa shape index (κ2) is 11.8. The Morgan fingerprint density at radius 1 is 1.00 bits per heavy atom. The van der Waals surface area contributed by atoms with Crippen molar-refractivity contribution >= 4 is 17.6 Å². The number of amides is 2. The van der Waals surface area contributed by atoms with Gasteiger partial charge in [0.2, 0.25) is 0 Å². The van der Waals surface area contributed by atoms with Crippen LogP contribution in [0.15, 0.2) is 54.6 Å². The van der Waals surface area contributed by atoms with E-state index in [0.717, 1.165) is 18.4 Å². The number of carbonyl (C=O) groups excluding carboxylic acids is 2. The van der Waals surface area contributed by atoms with Crippen molar-refractivity contribution in [1.82, 2.24) is 9.78 Å². The summed E-state index contributed by atoms with van der Waals surface area (Å²) >= 11 is 0. The number of nitrogens with zero attached hydrogens (tertiary/aromatic N) is 2. The molecule has 2 amide bonds. The third kappa shape index (κ3) is 6.20. The average Bonchev–Trinajstić information content (AvgIpc) is 3.15. The first-order chi connectivity index (χ1) is 16.0. The summed E-state index contributed by atoms with van der Waals surface area (Å²) in [6, 6.07) is 16.7. The van der Waals surface area contributed by atoms with Gasteiger partial charge in [0, 0.05) is 6.54 Å².